The van der Waals surface area contributed by atoms with Gasteiger partial charge in [0.1, 0.15) is 6.07 Å². The molecule has 0 saturated carbocycles. The Bertz CT molecular complexity index is 861. The van der Waals surface area contributed by atoms with Crippen molar-refractivity contribution in [2.24, 2.45) is 5.10 Å². The molecule has 0 aliphatic carbocycles. The first-order chi connectivity index (χ1) is 13.5. The predicted octanol–water partition coefficient (Wildman–Crippen LogP) is 2.62. The van der Waals surface area contributed by atoms with Crippen LogP contribution in [-0.2, 0) is 10.0 Å². The van der Waals surface area contributed by atoms with Gasteiger partial charge in [0.2, 0.25) is 15.7 Å². The molecule has 0 amide bonds. The molecule has 0 spiro atoms. The van der Waals surface area contributed by atoms with E-state index in [1.165, 1.54) is 4.31 Å². The minimum absolute atomic E-state index is 0.0203. The van der Waals surface area contributed by atoms with Crippen LogP contribution in [0.2, 0.25) is 0 Å². The van der Waals surface area contributed by atoms with Crippen LogP contribution in [0.5, 0.6) is 0 Å². The second-order valence-electron chi connectivity index (χ2n) is 7.07. The number of nitrogens with one attached hydrogen (secondary N) is 2. The zero-order valence-electron chi connectivity index (χ0n) is 15.9. The molecule has 0 radical (unpaired) electrons. The van der Waals surface area contributed by atoms with E-state index in [0.717, 1.165) is 51.6 Å². The van der Waals surface area contributed by atoms with Crippen molar-refractivity contribution in [1.82, 2.24) is 9.21 Å². The summed E-state index contributed by atoms with van der Waals surface area (Å²) in [5, 5.41) is 21.6. The molecule has 0 unspecified atom stereocenters. The Morgan fingerprint density at radius 2 is 1.57 bits per heavy atom. The molecule has 2 fully saturated rings. The first kappa shape index (κ1) is 20.3. The van der Waals surface area contributed by atoms with Gasteiger partial charge in [-0.05, 0) is 56.4 Å². The highest BCUT2D eigenvalue weighted by molar-refractivity contribution is 7.89. The molecule has 2 saturated heterocycles. The zero-order valence-corrected chi connectivity index (χ0v) is 16.7. The molecule has 9 heteroatoms. The number of rotatable bonds is 5. The third-order valence-corrected chi connectivity index (χ3v) is 7.02. The van der Waals surface area contributed by atoms with Gasteiger partial charge in [-0.1, -0.05) is 6.42 Å². The van der Waals surface area contributed by atoms with Gasteiger partial charge in [0.15, 0.2) is 5.84 Å². The molecule has 2 heterocycles. The van der Waals surface area contributed by atoms with Crippen LogP contribution < -0.4 is 5.43 Å². The molecular weight excluding hydrogens is 376 g/mol. The molecule has 1 aromatic carbocycles. The third kappa shape index (κ3) is 4.69. The van der Waals surface area contributed by atoms with E-state index in [1.54, 1.807) is 24.3 Å². The number of hydrogen-bond donors (Lipinski definition) is 2. The third-order valence-electron chi connectivity index (χ3n) is 5.11. The van der Waals surface area contributed by atoms with Crippen molar-refractivity contribution in [2.45, 2.75) is 43.4 Å². The quantitative estimate of drug-likeness (QED) is 0.447. The van der Waals surface area contributed by atoms with Crippen molar-refractivity contribution in [3.8, 4) is 6.07 Å². The van der Waals surface area contributed by atoms with Crippen LogP contribution in [0, 0.1) is 16.7 Å². The van der Waals surface area contributed by atoms with Crippen LogP contribution in [0.4, 0.5) is 5.69 Å². The van der Waals surface area contributed by atoms with Crippen molar-refractivity contribution in [2.75, 3.05) is 31.6 Å². The van der Waals surface area contributed by atoms with Gasteiger partial charge in [0.05, 0.1) is 10.6 Å². The number of sulfonamides is 1. The molecule has 28 heavy (non-hydrogen) atoms. The molecule has 3 rings (SSSR count). The van der Waals surface area contributed by atoms with Crippen molar-refractivity contribution >= 4 is 27.3 Å². The lowest BCUT2D eigenvalue weighted by molar-refractivity contribution is 0.344. The second kappa shape index (κ2) is 9.17. The summed E-state index contributed by atoms with van der Waals surface area (Å²) in [5.41, 5.74) is 3.35. The topological polar surface area (TPSA) is 113 Å². The molecule has 0 aromatic heterocycles. The predicted molar refractivity (Wildman–Crippen MR) is 109 cm³/mol. The van der Waals surface area contributed by atoms with E-state index in [9.17, 15) is 13.7 Å². The maximum Gasteiger partial charge on any atom is 0.243 e. The molecular formula is C19H26N6O2S. The van der Waals surface area contributed by atoms with Crippen molar-refractivity contribution in [3.63, 3.8) is 0 Å². The van der Waals surface area contributed by atoms with Crippen LogP contribution in [0.3, 0.4) is 0 Å². The molecule has 2 aliphatic heterocycles. The van der Waals surface area contributed by atoms with Crippen LogP contribution in [-0.4, -0.2) is 55.3 Å². The maximum absolute atomic E-state index is 12.7. The highest BCUT2D eigenvalue weighted by atomic mass is 32.2. The number of hydrazone groups is 1. The summed E-state index contributed by atoms with van der Waals surface area (Å²) in [6.07, 6.45) is 6.04. The Kier molecular flexibility index (Phi) is 6.65. The fourth-order valence-corrected chi connectivity index (χ4v) is 4.99. The Hall–Kier alpha value is -2.44. The molecule has 1 aromatic rings. The van der Waals surface area contributed by atoms with E-state index in [1.807, 2.05) is 11.0 Å². The smallest absolute Gasteiger partial charge is 0.243 e. The highest BCUT2D eigenvalue weighted by Gasteiger charge is 2.25. The lowest BCUT2D eigenvalue weighted by Crippen LogP contribution is -2.39. The fourth-order valence-electron chi connectivity index (χ4n) is 3.47. The number of amidine groups is 1. The average Bonchev–Trinajstić information content (AvgIpc) is 2.75. The van der Waals surface area contributed by atoms with Gasteiger partial charge in [0.25, 0.3) is 0 Å². The lowest BCUT2D eigenvalue weighted by Gasteiger charge is -2.27. The van der Waals surface area contributed by atoms with E-state index in [2.05, 4.69) is 10.5 Å². The Morgan fingerprint density at radius 3 is 2.14 bits per heavy atom. The zero-order chi connectivity index (χ0) is 20.0. The Morgan fingerprint density at radius 1 is 1.00 bits per heavy atom. The molecule has 8 nitrogen and oxygen atoms in total. The fraction of sp³-hybridized carbons (Fsp3) is 0.526. The summed E-state index contributed by atoms with van der Waals surface area (Å²) in [6.45, 7) is 2.67. The van der Waals surface area contributed by atoms with Gasteiger partial charge in [-0.2, -0.15) is 14.7 Å². The minimum atomic E-state index is -3.47. The van der Waals surface area contributed by atoms with E-state index < -0.39 is 10.0 Å². The molecule has 2 aliphatic rings. The van der Waals surface area contributed by atoms with E-state index >= 15 is 0 Å². The first-order valence-corrected chi connectivity index (χ1v) is 11.1. The summed E-state index contributed by atoms with van der Waals surface area (Å²) in [7, 11) is -3.47. The lowest BCUT2D eigenvalue weighted by atomic mass is 10.1. The largest absolute Gasteiger partial charge is 0.355 e. The van der Waals surface area contributed by atoms with Crippen LogP contribution >= 0.6 is 0 Å². The standard InChI is InChI=1S/C19H26N6O2S/c20-15-18(19(21)24-11-3-1-4-12-24)23-22-16-7-9-17(10-8-16)28(26,27)25-13-5-2-6-14-25/h7-10,21-22H,1-6,11-14H2/b21-19?,23-18-. The monoisotopic (exact) mass is 402 g/mol. The summed E-state index contributed by atoms with van der Waals surface area (Å²) in [6, 6.07) is 8.31. The van der Waals surface area contributed by atoms with E-state index in [-0.39, 0.29) is 16.4 Å². The number of nitriles is 1. The van der Waals surface area contributed by atoms with E-state index in [0.29, 0.717) is 18.8 Å². The van der Waals surface area contributed by atoms with Gasteiger partial charge >= 0.3 is 0 Å². The second-order valence-corrected chi connectivity index (χ2v) is 9.01. The number of likely N-dealkylation sites (tertiary alicyclic amines) is 1. The van der Waals surface area contributed by atoms with Gasteiger partial charge in [-0.15, -0.1) is 0 Å². The van der Waals surface area contributed by atoms with Crippen LogP contribution in [0.25, 0.3) is 0 Å². The number of piperidine rings is 2. The van der Waals surface area contributed by atoms with Crippen LogP contribution in [0.1, 0.15) is 38.5 Å². The van der Waals surface area contributed by atoms with Gasteiger partial charge in [-0.3, -0.25) is 10.8 Å². The van der Waals surface area contributed by atoms with E-state index in [4.69, 9.17) is 5.41 Å². The molecule has 150 valence electrons. The number of anilines is 1. The number of nitrogens with zero attached hydrogens (tertiary/aromatic N) is 4. The summed E-state index contributed by atoms with van der Waals surface area (Å²) >= 11 is 0. The highest BCUT2D eigenvalue weighted by Crippen LogP contribution is 2.22. The molecule has 0 atom stereocenters. The summed E-state index contributed by atoms with van der Waals surface area (Å²) in [5.74, 6) is 0.124. The minimum Gasteiger partial charge on any atom is -0.355 e. The van der Waals surface area contributed by atoms with Gasteiger partial charge < -0.3 is 4.90 Å². The SMILES string of the molecule is N#C/C(=N/Nc1ccc(S(=O)(=O)N2CCCCC2)cc1)C(=N)N1CCCCC1. The van der Waals surface area contributed by atoms with Crippen molar-refractivity contribution < 1.29 is 8.42 Å². The number of hydrogen-bond acceptors (Lipinski definition) is 6. The Labute approximate surface area is 166 Å². The molecule has 2 N–H and O–H groups in total. The van der Waals surface area contributed by atoms with Gasteiger partial charge in [0, 0.05) is 26.2 Å². The normalized spacial score (nSPS) is 19.1. The van der Waals surface area contributed by atoms with Crippen LogP contribution in [0.15, 0.2) is 34.3 Å². The first-order valence-electron chi connectivity index (χ1n) is 9.70. The van der Waals surface area contributed by atoms with Crippen molar-refractivity contribution in [3.05, 3.63) is 24.3 Å². The Balaban J connectivity index is 1.67. The van der Waals surface area contributed by atoms with Gasteiger partial charge in [-0.25, -0.2) is 8.42 Å². The summed E-state index contributed by atoms with van der Waals surface area (Å²) in [4.78, 5) is 2.12. The van der Waals surface area contributed by atoms with Crippen molar-refractivity contribution in [1.29, 1.82) is 10.7 Å². The maximum atomic E-state index is 12.7. The summed E-state index contributed by atoms with van der Waals surface area (Å²) < 4.78 is 26.9. The number of benzene rings is 1. The average molecular weight is 403 g/mol. The molecule has 0 bridgehead atoms.